The van der Waals surface area contributed by atoms with Gasteiger partial charge in [-0.2, -0.15) is 0 Å². The Bertz CT molecular complexity index is 562. The Balaban J connectivity index is 1.84. The van der Waals surface area contributed by atoms with Crippen molar-refractivity contribution in [2.75, 3.05) is 13.7 Å². The molecule has 1 amide bonds. The molecule has 1 heterocycles. The molecule has 4 nitrogen and oxygen atoms in total. The van der Waals surface area contributed by atoms with Gasteiger partial charge >= 0.3 is 0 Å². The number of carbonyl (C=O) groups is 1. The van der Waals surface area contributed by atoms with Crippen molar-refractivity contribution in [2.24, 2.45) is 0 Å². The normalized spacial score (nSPS) is 12.5. The molecule has 0 saturated carbocycles. The Morgan fingerprint density at radius 1 is 1.40 bits per heavy atom. The van der Waals surface area contributed by atoms with Crippen molar-refractivity contribution < 1.29 is 9.53 Å². The van der Waals surface area contributed by atoms with Crippen LogP contribution in [0.1, 0.15) is 25.3 Å². The molecular weight excluding hydrogens is 252 g/mol. The van der Waals surface area contributed by atoms with E-state index >= 15 is 0 Å². The minimum Gasteiger partial charge on any atom is -0.385 e. The summed E-state index contributed by atoms with van der Waals surface area (Å²) >= 11 is 0. The maximum atomic E-state index is 11.9. The molecule has 20 heavy (non-hydrogen) atoms. The Hall–Kier alpha value is -1.81. The van der Waals surface area contributed by atoms with E-state index in [0.717, 1.165) is 18.4 Å². The first-order valence-electron chi connectivity index (χ1n) is 7.04. The van der Waals surface area contributed by atoms with E-state index in [0.29, 0.717) is 13.0 Å². The van der Waals surface area contributed by atoms with Crippen molar-refractivity contribution in [3.8, 4) is 0 Å². The van der Waals surface area contributed by atoms with Crippen molar-refractivity contribution in [2.45, 2.75) is 32.2 Å². The number of fused-ring (bicyclic) bond motifs is 1. The molecule has 0 bridgehead atoms. The number of aromatic nitrogens is 1. The zero-order valence-corrected chi connectivity index (χ0v) is 12.1. The fourth-order valence-electron chi connectivity index (χ4n) is 2.30. The summed E-state index contributed by atoms with van der Waals surface area (Å²) in [7, 11) is 1.67. The van der Waals surface area contributed by atoms with Crippen LogP contribution >= 0.6 is 0 Å². The highest BCUT2D eigenvalue weighted by molar-refractivity contribution is 5.84. The van der Waals surface area contributed by atoms with Gasteiger partial charge in [0, 0.05) is 43.3 Å². The number of H-pyrrole nitrogens is 1. The highest BCUT2D eigenvalue weighted by Gasteiger charge is 2.09. The van der Waals surface area contributed by atoms with E-state index in [1.807, 2.05) is 31.3 Å². The third-order valence-electron chi connectivity index (χ3n) is 3.46. The van der Waals surface area contributed by atoms with Gasteiger partial charge in [0.1, 0.15) is 0 Å². The Labute approximate surface area is 119 Å². The van der Waals surface area contributed by atoms with Crippen molar-refractivity contribution in [1.82, 2.24) is 10.3 Å². The van der Waals surface area contributed by atoms with Crippen LogP contribution in [0.15, 0.2) is 30.5 Å². The van der Waals surface area contributed by atoms with Crippen LogP contribution in [-0.4, -0.2) is 30.6 Å². The molecule has 4 heteroatoms. The number of aryl methyl sites for hydroxylation is 1. The fraction of sp³-hybridized carbons (Fsp3) is 0.438. The second-order valence-corrected chi connectivity index (χ2v) is 5.11. The van der Waals surface area contributed by atoms with Gasteiger partial charge in [0.05, 0.1) is 0 Å². The molecule has 0 spiro atoms. The van der Waals surface area contributed by atoms with Gasteiger partial charge in [-0.05, 0) is 31.4 Å². The number of hydrogen-bond donors (Lipinski definition) is 2. The van der Waals surface area contributed by atoms with E-state index in [4.69, 9.17) is 4.74 Å². The van der Waals surface area contributed by atoms with Gasteiger partial charge in [0.15, 0.2) is 0 Å². The van der Waals surface area contributed by atoms with Gasteiger partial charge in [-0.1, -0.05) is 18.2 Å². The summed E-state index contributed by atoms with van der Waals surface area (Å²) in [5.41, 5.74) is 2.32. The predicted octanol–water partition coefficient (Wildman–Crippen LogP) is 2.64. The van der Waals surface area contributed by atoms with E-state index in [2.05, 4.69) is 16.4 Å². The first-order chi connectivity index (χ1) is 9.70. The Morgan fingerprint density at radius 2 is 2.20 bits per heavy atom. The average Bonchev–Trinajstić information content (AvgIpc) is 2.86. The second-order valence-electron chi connectivity index (χ2n) is 5.11. The third kappa shape index (κ3) is 3.84. The van der Waals surface area contributed by atoms with Gasteiger partial charge in [0.25, 0.3) is 0 Å². The van der Waals surface area contributed by atoms with Crippen LogP contribution in [0.25, 0.3) is 10.9 Å². The third-order valence-corrected chi connectivity index (χ3v) is 3.46. The first kappa shape index (κ1) is 14.6. The van der Waals surface area contributed by atoms with E-state index in [-0.39, 0.29) is 11.9 Å². The van der Waals surface area contributed by atoms with Crippen LogP contribution in [0.3, 0.4) is 0 Å². The van der Waals surface area contributed by atoms with E-state index < -0.39 is 0 Å². The lowest BCUT2D eigenvalue weighted by Gasteiger charge is -2.13. The molecule has 2 aromatic rings. The van der Waals surface area contributed by atoms with E-state index in [1.54, 1.807) is 7.11 Å². The number of carbonyl (C=O) groups excluding carboxylic acids is 1. The topological polar surface area (TPSA) is 54.1 Å². The number of methoxy groups -OCH3 is 1. The van der Waals surface area contributed by atoms with Crippen molar-refractivity contribution in [3.05, 3.63) is 36.0 Å². The molecule has 108 valence electrons. The molecule has 1 unspecified atom stereocenters. The highest BCUT2D eigenvalue weighted by Crippen LogP contribution is 2.18. The van der Waals surface area contributed by atoms with Crippen LogP contribution in [0.4, 0.5) is 0 Å². The minimum atomic E-state index is 0.0962. The van der Waals surface area contributed by atoms with Crippen LogP contribution in [0, 0.1) is 0 Å². The molecule has 0 aliphatic rings. The van der Waals surface area contributed by atoms with Gasteiger partial charge < -0.3 is 15.0 Å². The number of nitrogens with one attached hydrogen (secondary N) is 2. The number of amides is 1. The number of hydrogen-bond acceptors (Lipinski definition) is 2. The van der Waals surface area contributed by atoms with Crippen LogP contribution in [0.5, 0.6) is 0 Å². The summed E-state index contributed by atoms with van der Waals surface area (Å²) in [6.07, 6.45) is 4.10. The standard InChI is InChI=1S/C16H22N2O2/c1-12(9-10-20-2)18-16(19)8-7-13-11-17-15-6-4-3-5-14(13)15/h3-6,11-12,17H,7-10H2,1-2H3,(H,18,19). The number of rotatable bonds is 7. The number of benzene rings is 1. The number of ether oxygens (including phenoxy) is 1. The van der Waals surface area contributed by atoms with Gasteiger partial charge in [0.2, 0.25) is 5.91 Å². The monoisotopic (exact) mass is 274 g/mol. The van der Waals surface area contributed by atoms with Crippen LogP contribution in [-0.2, 0) is 16.0 Å². The summed E-state index contributed by atoms with van der Waals surface area (Å²) in [5, 5.41) is 4.20. The van der Waals surface area contributed by atoms with Crippen LogP contribution < -0.4 is 5.32 Å². The van der Waals surface area contributed by atoms with Crippen molar-refractivity contribution in [1.29, 1.82) is 0 Å². The Morgan fingerprint density at radius 3 is 3.00 bits per heavy atom. The minimum absolute atomic E-state index is 0.0962. The van der Waals surface area contributed by atoms with Crippen molar-refractivity contribution in [3.63, 3.8) is 0 Å². The summed E-state index contributed by atoms with van der Waals surface area (Å²) in [4.78, 5) is 15.1. The molecule has 2 N–H and O–H groups in total. The van der Waals surface area contributed by atoms with Crippen molar-refractivity contribution >= 4 is 16.8 Å². The molecule has 0 aliphatic heterocycles. The quantitative estimate of drug-likeness (QED) is 0.815. The number of aromatic amines is 1. The zero-order chi connectivity index (χ0) is 14.4. The molecule has 0 fully saturated rings. The van der Waals surface area contributed by atoms with Gasteiger partial charge in [-0.25, -0.2) is 0 Å². The Kier molecular flexibility index (Phi) is 5.18. The summed E-state index contributed by atoms with van der Waals surface area (Å²) < 4.78 is 5.01. The van der Waals surface area contributed by atoms with E-state index in [9.17, 15) is 4.79 Å². The molecule has 0 radical (unpaired) electrons. The molecule has 1 aromatic heterocycles. The smallest absolute Gasteiger partial charge is 0.220 e. The lowest BCUT2D eigenvalue weighted by Crippen LogP contribution is -2.33. The molecule has 2 rings (SSSR count). The lowest BCUT2D eigenvalue weighted by atomic mass is 10.1. The lowest BCUT2D eigenvalue weighted by molar-refractivity contribution is -0.121. The molecule has 1 atom stereocenters. The average molecular weight is 274 g/mol. The molecular formula is C16H22N2O2. The summed E-state index contributed by atoms with van der Waals surface area (Å²) in [6, 6.07) is 8.32. The maximum absolute atomic E-state index is 11.9. The summed E-state index contributed by atoms with van der Waals surface area (Å²) in [5.74, 6) is 0.0962. The SMILES string of the molecule is COCCC(C)NC(=O)CCc1c[nH]c2ccccc12. The summed E-state index contributed by atoms with van der Waals surface area (Å²) in [6.45, 7) is 2.67. The molecule has 0 saturated heterocycles. The maximum Gasteiger partial charge on any atom is 0.220 e. The zero-order valence-electron chi connectivity index (χ0n) is 12.1. The highest BCUT2D eigenvalue weighted by atomic mass is 16.5. The van der Waals surface area contributed by atoms with Crippen LogP contribution in [0.2, 0.25) is 0 Å². The molecule has 0 aliphatic carbocycles. The predicted molar refractivity (Wildman–Crippen MR) is 80.7 cm³/mol. The molecule has 1 aromatic carbocycles. The second kappa shape index (κ2) is 7.10. The first-order valence-corrected chi connectivity index (χ1v) is 7.04. The fourth-order valence-corrected chi connectivity index (χ4v) is 2.30. The number of para-hydroxylation sites is 1. The van der Waals surface area contributed by atoms with E-state index in [1.165, 1.54) is 10.9 Å². The van der Waals surface area contributed by atoms with Gasteiger partial charge in [-0.3, -0.25) is 4.79 Å². The largest absolute Gasteiger partial charge is 0.385 e. The van der Waals surface area contributed by atoms with Gasteiger partial charge in [-0.15, -0.1) is 0 Å².